The number of anilines is 1. The van der Waals surface area contributed by atoms with Crippen LogP contribution in [-0.4, -0.2) is 30.8 Å². The third-order valence-electron chi connectivity index (χ3n) is 2.88. The van der Waals surface area contributed by atoms with Crippen molar-refractivity contribution in [1.29, 1.82) is 5.41 Å². The summed E-state index contributed by atoms with van der Waals surface area (Å²) < 4.78 is 26.6. The number of hydrogen-bond acceptors (Lipinski definition) is 4. The molecule has 112 valence electrons. The van der Waals surface area contributed by atoms with Gasteiger partial charge in [-0.15, -0.1) is 0 Å². The van der Waals surface area contributed by atoms with Crippen LogP contribution in [0.5, 0.6) is 0 Å². The van der Waals surface area contributed by atoms with Gasteiger partial charge in [0.15, 0.2) is 5.03 Å². The lowest BCUT2D eigenvalue weighted by Gasteiger charge is -2.23. The molecular formula is C13H17N5O2S. The average molecular weight is 307 g/mol. The molecule has 0 saturated heterocycles. The van der Waals surface area contributed by atoms with E-state index in [2.05, 4.69) is 9.97 Å². The Morgan fingerprint density at radius 2 is 2.05 bits per heavy atom. The number of benzene rings is 1. The van der Waals surface area contributed by atoms with Crippen molar-refractivity contribution in [2.45, 2.75) is 18.4 Å². The smallest absolute Gasteiger partial charge is 0.281 e. The number of aromatic amines is 1. The zero-order chi connectivity index (χ0) is 15.5. The van der Waals surface area contributed by atoms with Crippen LogP contribution < -0.4 is 10.0 Å². The number of nitrogens with zero attached hydrogens (tertiary/aromatic N) is 2. The highest BCUT2D eigenvalue weighted by Gasteiger charge is 2.26. The van der Waals surface area contributed by atoms with Crippen molar-refractivity contribution >= 4 is 21.5 Å². The minimum Gasteiger partial charge on any atom is -0.388 e. The molecule has 1 aromatic carbocycles. The normalized spacial score (nSPS) is 11.3. The van der Waals surface area contributed by atoms with Crippen LogP contribution in [0.1, 0.15) is 12.2 Å². The van der Waals surface area contributed by atoms with Gasteiger partial charge in [0.2, 0.25) is 0 Å². The monoisotopic (exact) mass is 307 g/mol. The van der Waals surface area contributed by atoms with Crippen molar-refractivity contribution in [1.82, 2.24) is 9.97 Å². The van der Waals surface area contributed by atoms with Crippen LogP contribution >= 0.6 is 0 Å². The largest absolute Gasteiger partial charge is 0.388 e. The molecule has 2 aromatic rings. The molecule has 0 saturated carbocycles. The minimum absolute atomic E-state index is 0.0207. The van der Waals surface area contributed by atoms with Gasteiger partial charge in [-0.1, -0.05) is 18.2 Å². The predicted molar refractivity (Wildman–Crippen MR) is 80.8 cm³/mol. The van der Waals surface area contributed by atoms with E-state index >= 15 is 0 Å². The number of sulfonamides is 1. The Kier molecular flexibility index (Phi) is 4.27. The first-order valence-corrected chi connectivity index (χ1v) is 7.77. The number of nitrogens with two attached hydrogens (primary N) is 1. The highest BCUT2D eigenvalue weighted by Crippen LogP contribution is 2.22. The Balaban J connectivity index is 2.41. The van der Waals surface area contributed by atoms with E-state index in [0.29, 0.717) is 11.5 Å². The van der Waals surface area contributed by atoms with E-state index in [1.165, 1.54) is 10.5 Å². The second-order valence-corrected chi connectivity index (χ2v) is 6.35. The number of para-hydroxylation sites is 1. The highest BCUT2D eigenvalue weighted by atomic mass is 32.2. The lowest BCUT2D eigenvalue weighted by molar-refractivity contribution is 0.588. The van der Waals surface area contributed by atoms with Gasteiger partial charge in [0.05, 0.1) is 17.7 Å². The van der Waals surface area contributed by atoms with E-state index in [4.69, 9.17) is 11.1 Å². The Bertz CT molecular complexity index is 724. The van der Waals surface area contributed by atoms with Crippen molar-refractivity contribution in [2.75, 3.05) is 10.8 Å². The van der Waals surface area contributed by atoms with E-state index in [0.717, 1.165) is 0 Å². The third-order valence-corrected chi connectivity index (χ3v) is 4.61. The number of hydrogen-bond donors (Lipinski definition) is 3. The maximum absolute atomic E-state index is 12.7. The first-order chi connectivity index (χ1) is 9.91. The van der Waals surface area contributed by atoms with Crippen LogP contribution in [0, 0.1) is 12.3 Å². The summed E-state index contributed by atoms with van der Waals surface area (Å²) >= 11 is 0. The van der Waals surface area contributed by atoms with Crippen LogP contribution in [0.25, 0.3) is 0 Å². The molecule has 0 aliphatic rings. The van der Waals surface area contributed by atoms with Crippen molar-refractivity contribution < 1.29 is 8.42 Å². The molecule has 4 N–H and O–H groups in total. The first-order valence-electron chi connectivity index (χ1n) is 6.33. The molecule has 0 atom stereocenters. The molecule has 0 aliphatic heterocycles. The molecule has 2 rings (SSSR count). The summed E-state index contributed by atoms with van der Waals surface area (Å²) in [5, 5.41) is 7.32. The molecule has 7 nitrogen and oxygen atoms in total. The molecule has 0 aliphatic carbocycles. The van der Waals surface area contributed by atoms with E-state index in [9.17, 15) is 8.42 Å². The number of aromatic nitrogens is 2. The van der Waals surface area contributed by atoms with Crippen LogP contribution in [0.15, 0.2) is 41.6 Å². The average Bonchev–Trinajstić information content (AvgIpc) is 2.87. The van der Waals surface area contributed by atoms with Gasteiger partial charge in [-0.05, 0) is 19.1 Å². The van der Waals surface area contributed by atoms with Gasteiger partial charge in [-0.2, -0.15) is 8.42 Å². The van der Waals surface area contributed by atoms with Gasteiger partial charge in [-0.25, -0.2) is 4.98 Å². The number of H-pyrrole nitrogens is 1. The fourth-order valence-electron chi connectivity index (χ4n) is 1.85. The molecule has 1 aromatic heterocycles. The second kappa shape index (κ2) is 5.96. The summed E-state index contributed by atoms with van der Waals surface area (Å²) in [6.07, 6.45) is 1.44. The summed E-state index contributed by atoms with van der Waals surface area (Å²) in [7, 11) is -3.77. The lowest BCUT2D eigenvalue weighted by Crippen LogP contribution is -2.34. The molecule has 1 heterocycles. The molecule has 21 heavy (non-hydrogen) atoms. The van der Waals surface area contributed by atoms with Crippen LogP contribution in [0.3, 0.4) is 0 Å². The van der Waals surface area contributed by atoms with E-state index in [1.807, 2.05) is 0 Å². The van der Waals surface area contributed by atoms with Gasteiger partial charge in [0.1, 0.15) is 5.82 Å². The second-order valence-electron chi connectivity index (χ2n) is 4.52. The summed E-state index contributed by atoms with van der Waals surface area (Å²) in [6, 6.07) is 8.70. The summed E-state index contributed by atoms with van der Waals surface area (Å²) in [4.78, 5) is 6.65. The van der Waals surface area contributed by atoms with Gasteiger partial charge in [0, 0.05) is 13.0 Å². The zero-order valence-electron chi connectivity index (χ0n) is 11.6. The number of nitrogens with one attached hydrogen (secondary N) is 2. The van der Waals surface area contributed by atoms with Crippen molar-refractivity contribution in [3.8, 4) is 0 Å². The minimum atomic E-state index is -3.77. The lowest BCUT2D eigenvalue weighted by atomic mass is 10.3. The van der Waals surface area contributed by atoms with Gasteiger partial charge in [0.25, 0.3) is 10.0 Å². The SMILES string of the molecule is Cc1ncc(S(=O)(=O)N(CCC(=N)N)c2ccccc2)[nH]1. The van der Waals surface area contributed by atoms with E-state index in [-0.39, 0.29) is 23.8 Å². The topological polar surface area (TPSA) is 116 Å². The first kappa shape index (κ1) is 15.0. The van der Waals surface area contributed by atoms with Crippen LogP contribution in [-0.2, 0) is 10.0 Å². The van der Waals surface area contributed by atoms with Crippen molar-refractivity contribution in [2.24, 2.45) is 5.73 Å². The summed E-state index contributed by atoms with van der Waals surface area (Å²) in [5.74, 6) is 0.458. The van der Waals surface area contributed by atoms with Gasteiger partial charge in [-0.3, -0.25) is 9.71 Å². The molecule has 0 bridgehead atoms. The Morgan fingerprint density at radius 1 is 1.38 bits per heavy atom. The van der Waals surface area contributed by atoms with Gasteiger partial charge < -0.3 is 10.7 Å². The summed E-state index contributed by atoms with van der Waals surface area (Å²) in [6.45, 7) is 1.78. The molecular weight excluding hydrogens is 290 g/mol. The quantitative estimate of drug-likeness (QED) is 0.550. The Labute approximate surface area is 123 Å². The van der Waals surface area contributed by atoms with Crippen LogP contribution in [0.2, 0.25) is 0 Å². The third kappa shape index (κ3) is 3.40. The number of aryl methyl sites for hydroxylation is 1. The molecule has 0 fully saturated rings. The fourth-order valence-corrected chi connectivity index (χ4v) is 3.28. The van der Waals surface area contributed by atoms with Crippen molar-refractivity contribution in [3.05, 3.63) is 42.4 Å². The standard InChI is InChI=1S/C13H17N5O2S/c1-10-16-9-13(17-10)21(19,20)18(8-7-12(14)15)11-5-3-2-4-6-11/h2-6,9H,7-8H2,1H3,(H3,14,15)(H,16,17). The molecule has 0 spiro atoms. The van der Waals surface area contributed by atoms with Crippen LogP contribution in [0.4, 0.5) is 5.69 Å². The number of imidazole rings is 1. The number of amidine groups is 1. The molecule has 0 amide bonds. The molecule has 0 radical (unpaired) electrons. The molecule has 8 heteroatoms. The van der Waals surface area contributed by atoms with Crippen molar-refractivity contribution in [3.63, 3.8) is 0 Å². The maximum Gasteiger partial charge on any atom is 0.281 e. The molecule has 0 unspecified atom stereocenters. The number of rotatable bonds is 6. The zero-order valence-corrected chi connectivity index (χ0v) is 12.4. The fraction of sp³-hybridized carbons (Fsp3) is 0.231. The van der Waals surface area contributed by atoms with E-state index in [1.54, 1.807) is 37.3 Å². The Hall–Kier alpha value is -2.35. The maximum atomic E-state index is 12.7. The summed E-state index contributed by atoms with van der Waals surface area (Å²) in [5.41, 5.74) is 5.87. The van der Waals surface area contributed by atoms with Gasteiger partial charge >= 0.3 is 0 Å². The predicted octanol–water partition coefficient (Wildman–Crippen LogP) is 1.24. The Morgan fingerprint density at radius 3 is 2.57 bits per heavy atom. The van der Waals surface area contributed by atoms with E-state index < -0.39 is 10.0 Å². The highest BCUT2D eigenvalue weighted by molar-refractivity contribution is 7.92.